The largest absolute Gasteiger partial charge is 0.463 e. The SMILES string of the molecule is CN(CCCN)C(CO)CC(=O)N(CCCN)C(CO)CC(=O)N(CCCN)C1COC(=O)C1. The Morgan fingerprint density at radius 2 is 1.50 bits per heavy atom. The number of aliphatic hydroxyl groups is 2. The highest BCUT2D eigenvalue weighted by Crippen LogP contribution is 2.18. The lowest BCUT2D eigenvalue weighted by molar-refractivity contribution is -0.141. The van der Waals surface area contributed by atoms with Crippen LogP contribution in [0.4, 0.5) is 0 Å². The molecule has 198 valence electrons. The van der Waals surface area contributed by atoms with Crippen LogP contribution in [0.1, 0.15) is 38.5 Å². The van der Waals surface area contributed by atoms with Crippen molar-refractivity contribution in [2.24, 2.45) is 17.2 Å². The predicted octanol–water partition coefficient (Wildman–Crippen LogP) is -2.56. The molecule has 12 nitrogen and oxygen atoms in total. The summed E-state index contributed by atoms with van der Waals surface area (Å²) in [6.45, 7) is 2.04. The van der Waals surface area contributed by atoms with E-state index in [0.29, 0.717) is 45.6 Å². The third-order valence-corrected chi connectivity index (χ3v) is 6.15. The van der Waals surface area contributed by atoms with Gasteiger partial charge in [-0.3, -0.25) is 14.4 Å². The van der Waals surface area contributed by atoms with Gasteiger partial charge < -0.3 is 46.9 Å². The maximum atomic E-state index is 13.2. The molecule has 0 saturated carbocycles. The van der Waals surface area contributed by atoms with Crippen LogP contribution in [0.15, 0.2) is 0 Å². The number of carbonyl (C=O) groups is 3. The number of hydrogen-bond donors (Lipinski definition) is 5. The van der Waals surface area contributed by atoms with E-state index in [1.54, 1.807) is 4.90 Å². The zero-order valence-corrected chi connectivity index (χ0v) is 20.4. The average molecular weight is 489 g/mol. The van der Waals surface area contributed by atoms with Crippen molar-refractivity contribution in [2.75, 3.05) is 66.1 Å². The fourth-order valence-electron chi connectivity index (χ4n) is 4.04. The second kappa shape index (κ2) is 16.7. The van der Waals surface area contributed by atoms with Crippen molar-refractivity contribution < 1.29 is 29.3 Å². The van der Waals surface area contributed by atoms with Gasteiger partial charge in [-0.05, 0) is 52.5 Å². The smallest absolute Gasteiger partial charge is 0.308 e. The van der Waals surface area contributed by atoms with Crippen LogP contribution in [0.5, 0.6) is 0 Å². The Balaban J connectivity index is 2.95. The van der Waals surface area contributed by atoms with Crippen molar-refractivity contribution >= 4 is 17.8 Å². The topological polar surface area (TPSA) is 189 Å². The van der Waals surface area contributed by atoms with E-state index >= 15 is 0 Å². The summed E-state index contributed by atoms with van der Waals surface area (Å²) >= 11 is 0. The van der Waals surface area contributed by atoms with Crippen LogP contribution in [0.3, 0.4) is 0 Å². The van der Waals surface area contributed by atoms with E-state index in [9.17, 15) is 24.6 Å². The molecule has 0 aromatic heterocycles. The van der Waals surface area contributed by atoms with E-state index in [1.165, 1.54) is 4.90 Å². The van der Waals surface area contributed by atoms with Gasteiger partial charge in [0.05, 0.1) is 31.7 Å². The highest BCUT2D eigenvalue weighted by atomic mass is 16.5. The Labute approximate surface area is 202 Å². The van der Waals surface area contributed by atoms with Gasteiger partial charge in [-0.1, -0.05) is 0 Å². The Morgan fingerprint density at radius 1 is 0.941 bits per heavy atom. The molecular weight excluding hydrogens is 444 g/mol. The van der Waals surface area contributed by atoms with E-state index in [1.807, 2.05) is 11.9 Å². The number of aliphatic hydroxyl groups excluding tert-OH is 2. The summed E-state index contributed by atoms with van der Waals surface area (Å²) in [7, 11) is 1.82. The number of carbonyl (C=O) groups excluding carboxylic acids is 3. The summed E-state index contributed by atoms with van der Waals surface area (Å²) in [6.07, 6.45) is 1.85. The molecule has 0 bridgehead atoms. The monoisotopic (exact) mass is 488 g/mol. The molecular formula is C22H44N6O6. The summed E-state index contributed by atoms with van der Waals surface area (Å²) in [4.78, 5) is 43.0. The lowest BCUT2D eigenvalue weighted by atomic mass is 10.1. The number of nitrogens with two attached hydrogens (primary N) is 3. The Bertz CT molecular complexity index is 625. The lowest BCUT2D eigenvalue weighted by Gasteiger charge is -2.35. The first-order valence-electron chi connectivity index (χ1n) is 12.1. The number of nitrogens with zero attached hydrogens (tertiary/aromatic N) is 3. The molecule has 1 rings (SSSR count). The van der Waals surface area contributed by atoms with Crippen LogP contribution in [0.2, 0.25) is 0 Å². The predicted molar refractivity (Wildman–Crippen MR) is 127 cm³/mol. The number of esters is 1. The minimum Gasteiger partial charge on any atom is -0.463 e. The van der Waals surface area contributed by atoms with Crippen LogP contribution in [-0.2, 0) is 19.1 Å². The first kappa shape index (κ1) is 30.2. The molecule has 0 aliphatic carbocycles. The Morgan fingerprint density at radius 3 is 2.03 bits per heavy atom. The van der Waals surface area contributed by atoms with E-state index in [0.717, 1.165) is 6.42 Å². The van der Waals surface area contributed by atoms with Gasteiger partial charge in [0.2, 0.25) is 11.8 Å². The number of rotatable bonds is 18. The van der Waals surface area contributed by atoms with Crippen molar-refractivity contribution in [1.29, 1.82) is 0 Å². The normalized spacial score (nSPS) is 17.5. The van der Waals surface area contributed by atoms with Crippen LogP contribution in [0.25, 0.3) is 0 Å². The molecule has 0 aromatic carbocycles. The quantitative estimate of drug-likeness (QED) is 0.128. The van der Waals surface area contributed by atoms with E-state index in [2.05, 4.69) is 0 Å². The second-order valence-corrected chi connectivity index (χ2v) is 8.70. The summed E-state index contributed by atoms with van der Waals surface area (Å²) in [5.74, 6) is -0.908. The molecule has 1 saturated heterocycles. The minimum absolute atomic E-state index is 0.0364. The van der Waals surface area contributed by atoms with Crippen LogP contribution >= 0.6 is 0 Å². The van der Waals surface area contributed by atoms with Gasteiger partial charge in [-0.15, -0.1) is 0 Å². The van der Waals surface area contributed by atoms with Crippen LogP contribution < -0.4 is 17.2 Å². The first-order valence-corrected chi connectivity index (χ1v) is 12.1. The highest BCUT2D eigenvalue weighted by molar-refractivity contribution is 5.81. The molecule has 1 aliphatic heterocycles. The van der Waals surface area contributed by atoms with Crippen LogP contribution in [0, 0.1) is 0 Å². The first-order chi connectivity index (χ1) is 16.3. The number of ether oxygens (including phenoxy) is 1. The van der Waals surface area contributed by atoms with E-state index in [-0.39, 0.29) is 62.8 Å². The van der Waals surface area contributed by atoms with Gasteiger partial charge in [-0.2, -0.15) is 0 Å². The third kappa shape index (κ3) is 9.80. The van der Waals surface area contributed by atoms with Gasteiger partial charge in [-0.25, -0.2) is 0 Å². The molecule has 34 heavy (non-hydrogen) atoms. The number of cyclic esters (lactones) is 1. The molecule has 2 amide bonds. The molecule has 1 fully saturated rings. The fraction of sp³-hybridized carbons (Fsp3) is 0.864. The zero-order valence-electron chi connectivity index (χ0n) is 20.4. The maximum absolute atomic E-state index is 13.2. The zero-order chi connectivity index (χ0) is 25.5. The van der Waals surface area contributed by atoms with Gasteiger partial charge >= 0.3 is 5.97 Å². The fourth-order valence-corrected chi connectivity index (χ4v) is 4.04. The summed E-state index contributed by atoms with van der Waals surface area (Å²) in [5.41, 5.74) is 16.8. The molecule has 0 aromatic rings. The molecule has 3 unspecified atom stereocenters. The second-order valence-electron chi connectivity index (χ2n) is 8.70. The Hall–Kier alpha value is -1.83. The molecule has 8 N–H and O–H groups in total. The van der Waals surface area contributed by atoms with Gasteiger partial charge in [0.25, 0.3) is 0 Å². The molecule has 0 radical (unpaired) electrons. The maximum Gasteiger partial charge on any atom is 0.308 e. The molecule has 1 aliphatic rings. The number of amides is 2. The Kier molecular flexibility index (Phi) is 14.9. The number of hydrogen-bond acceptors (Lipinski definition) is 10. The van der Waals surface area contributed by atoms with Crippen molar-refractivity contribution in [3.05, 3.63) is 0 Å². The summed E-state index contributed by atoms with van der Waals surface area (Å²) in [5, 5.41) is 19.9. The van der Waals surface area contributed by atoms with Crippen molar-refractivity contribution in [2.45, 2.75) is 56.7 Å². The molecule has 3 atom stereocenters. The molecule has 12 heteroatoms. The highest BCUT2D eigenvalue weighted by Gasteiger charge is 2.34. The molecule has 1 heterocycles. The van der Waals surface area contributed by atoms with Crippen molar-refractivity contribution in [3.8, 4) is 0 Å². The van der Waals surface area contributed by atoms with Gasteiger partial charge in [0, 0.05) is 32.0 Å². The minimum atomic E-state index is -0.751. The standard InChI is InChI=1S/C22H44N6O6/c1-26(8-2-5-23)17(14-29)11-20(31)27(9-3-6-24)18(15-30)12-21(32)28(10-4-7-25)19-13-22(33)34-16-19/h17-19,29-30H,2-16,23-25H2,1H3. The van der Waals surface area contributed by atoms with Crippen LogP contribution in [-0.4, -0.2) is 127 Å². The number of likely N-dealkylation sites (N-methyl/N-ethyl adjacent to an activating group) is 1. The van der Waals surface area contributed by atoms with E-state index < -0.39 is 18.7 Å². The lowest BCUT2D eigenvalue weighted by Crippen LogP contribution is -2.50. The summed E-state index contributed by atoms with van der Waals surface area (Å²) in [6, 6.07) is -1.54. The molecule has 0 spiro atoms. The van der Waals surface area contributed by atoms with Crippen molar-refractivity contribution in [3.63, 3.8) is 0 Å². The third-order valence-electron chi connectivity index (χ3n) is 6.15. The van der Waals surface area contributed by atoms with E-state index in [4.69, 9.17) is 21.9 Å². The van der Waals surface area contributed by atoms with Gasteiger partial charge in [0.1, 0.15) is 6.61 Å². The van der Waals surface area contributed by atoms with Gasteiger partial charge in [0.15, 0.2) is 0 Å². The average Bonchev–Trinajstić information content (AvgIpc) is 3.26. The van der Waals surface area contributed by atoms with Crippen molar-refractivity contribution in [1.82, 2.24) is 14.7 Å². The summed E-state index contributed by atoms with van der Waals surface area (Å²) < 4.78 is 5.03.